The number of anilines is 3. The second-order valence-electron chi connectivity index (χ2n) is 14.4. The third-order valence-corrected chi connectivity index (χ3v) is 11.1. The third kappa shape index (κ3) is 6.31. The summed E-state index contributed by atoms with van der Waals surface area (Å²) in [6.45, 7) is 16.5. The summed E-state index contributed by atoms with van der Waals surface area (Å²) < 4.78 is 0. The first-order valence-corrected chi connectivity index (χ1v) is 19.1. The zero-order valence-corrected chi connectivity index (χ0v) is 31.5. The van der Waals surface area contributed by atoms with Gasteiger partial charge in [0.25, 0.3) is 0 Å². The van der Waals surface area contributed by atoms with Gasteiger partial charge in [-0.25, -0.2) is 0 Å². The Morgan fingerprint density at radius 1 is 0.453 bits per heavy atom. The van der Waals surface area contributed by atoms with Crippen molar-refractivity contribution in [3.63, 3.8) is 0 Å². The monoisotopic (exact) mass is 685 g/mol. The Hall–Kier alpha value is -5.92. The van der Waals surface area contributed by atoms with Crippen LogP contribution in [0.1, 0.15) is 70.1 Å². The topological polar surface area (TPSA) is 3.24 Å². The maximum atomic E-state index is 4.20. The summed E-state index contributed by atoms with van der Waals surface area (Å²) in [5.41, 5.74) is 16.3. The SMILES string of the molecule is C=C(C)c1ccc(N(c2ccc(-c3ccc4c5ccc(C(=C)C)cc5c5ccccc5c4c3)cc2)c2cccc(C3=CC4=C(CC3)CC4)c2)cc1.CC. The second kappa shape index (κ2) is 14.2. The molecule has 0 saturated carbocycles. The molecular weight excluding hydrogens is 639 g/mol. The van der Waals surface area contributed by atoms with Crippen LogP contribution in [0.25, 0.3) is 60.2 Å². The lowest BCUT2D eigenvalue weighted by Gasteiger charge is -2.29. The molecule has 0 spiro atoms. The number of allylic oxidation sites excluding steroid dienone is 6. The van der Waals surface area contributed by atoms with E-state index < -0.39 is 0 Å². The molecule has 1 heteroatoms. The fraction of sp³-hybridized carbons (Fsp3) is 0.154. The van der Waals surface area contributed by atoms with Crippen molar-refractivity contribution < 1.29 is 0 Å². The first-order valence-electron chi connectivity index (χ1n) is 19.1. The van der Waals surface area contributed by atoms with E-state index in [4.69, 9.17) is 0 Å². The van der Waals surface area contributed by atoms with Gasteiger partial charge in [-0.15, -0.1) is 0 Å². The van der Waals surface area contributed by atoms with E-state index in [0.717, 1.165) is 40.2 Å². The van der Waals surface area contributed by atoms with Crippen LogP contribution in [-0.2, 0) is 0 Å². The molecule has 0 saturated heterocycles. The molecule has 1 nitrogen and oxygen atoms in total. The van der Waals surface area contributed by atoms with E-state index in [-0.39, 0.29) is 0 Å². The van der Waals surface area contributed by atoms with E-state index in [0.29, 0.717) is 0 Å². The van der Waals surface area contributed by atoms with Gasteiger partial charge in [-0.05, 0) is 159 Å². The van der Waals surface area contributed by atoms with E-state index >= 15 is 0 Å². The van der Waals surface area contributed by atoms with E-state index in [1.165, 1.54) is 79.4 Å². The van der Waals surface area contributed by atoms with Crippen molar-refractivity contribution in [1.82, 2.24) is 0 Å². The van der Waals surface area contributed by atoms with Gasteiger partial charge in [-0.1, -0.05) is 135 Å². The first-order chi connectivity index (χ1) is 25.9. The predicted octanol–water partition coefficient (Wildman–Crippen LogP) is 15.6. The number of nitrogens with zero attached hydrogens (tertiary/aromatic N) is 1. The fourth-order valence-corrected chi connectivity index (χ4v) is 8.09. The molecule has 0 heterocycles. The van der Waals surface area contributed by atoms with Gasteiger partial charge < -0.3 is 4.90 Å². The maximum absolute atomic E-state index is 4.20. The number of rotatable bonds is 7. The molecule has 0 amide bonds. The van der Waals surface area contributed by atoms with Crippen LogP contribution in [0.2, 0.25) is 0 Å². The van der Waals surface area contributed by atoms with Gasteiger partial charge in [0, 0.05) is 17.1 Å². The van der Waals surface area contributed by atoms with Crippen LogP contribution >= 0.6 is 0 Å². The molecule has 260 valence electrons. The highest BCUT2D eigenvalue weighted by atomic mass is 15.1. The Bertz CT molecular complexity index is 2590. The lowest BCUT2D eigenvalue weighted by molar-refractivity contribution is 0.741. The van der Waals surface area contributed by atoms with Crippen LogP contribution < -0.4 is 4.90 Å². The molecule has 9 rings (SSSR count). The molecule has 2 aliphatic rings. The number of hydrogen-bond acceptors (Lipinski definition) is 1. The van der Waals surface area contributed by atoms with E-state index in [9.17, 15) is 0 Å². The Labute approximate surface area is 314 Å². The molecule has 7 aromatic carbocycles. The van der Waals surface area contributed by atoms with Crippen molar-refractivity contribution in [2.45, 2.75) is 53.4 Å². The average Bonchev–Trinajstić information content (AvgIpc) is 3.19. The van der Waals surface area contributed by atoms with E-state index in [2.05, 4.69) is 171 Å². The van der Waals surface area contributed by atoms with Crippen molar-refractivity contribution in [2.24, 2.45) is 0 Å². The van der Waals surface area contributed by atoms with Gasteiger partial charge in [-0.2, -0.15) is 0 Å². The highest BCUT2D eigenvalue weighted by Gasteiger charge is 2.22. The van der Waals surface area contributed by atoms with Gasteiger partial charge in [0.15, 0.2) is 0 Å². The molecule has 0 radical (unpaired) electrons. The molecule has 0 unspecified atom stereocenters. The molecule has 0 atom stereocenters. The lowest BCUT2D eigenvalue weighted by Crippen LogP contribution is -2.11. The number of benzene rings is 7. The quantitative estimate of drug-likeness (QED) is 0.151. The number of fused-ring (bicyclic) bond motifs is 6. The summed E-state index contributed by atoms with van der Waals surface area (Å²) in [4.78, 5) is 2.38. The molecule has 0 aliphatic heterocycles. The molecule has 0 bridgehead atoms. The first kappa shape index (κ1) is 34.2. The summed E-state index contributed by atoms with van der Waals surface area (Å²) >= 11 is 0. The zero-order chi connectivity index (χ0) is 36.6. The van der Waals surface area contributed by atoms with Crippen molar-refractivity contribution >= 4 is 66.1 Å². The maximum Gasteiger partial charge on any atom is 0.0467 e. The zero-order valence-electron chi connectivity index (χ0n) is 31.5. The minimum atomic E-state index is 1.07. The minimum absolute atomic E-state index is 1.07. The van der Waals surface area contributed by atoms with Gasteiger partial charge in [-0.3, -0.25) is 0 Å². The van der Waals surface area contributed by atoms with Gasteiger partial charge in [0.05, 0.1) is 0 Å². The highest BCUT2D eigenvalue weighted by molar-refractivity contribution is 6.26. The predicted molar refractivity (Wildman–Crippen MR) is 233 cm³/mol. The molecule has 53 heavy (non-hydrogen) atoms. The lowest BCUT2D eigenvalue weighted by atomic mass is 9.78. The summed E-state index contributed by atoms with van der Waals surface area (Å²) in [5.74, 6) is 0. The summed E-state index contributed by atoms with van der Waals surface area (Å²) in [7, 11) is 0. The highest BCUT2D eigenvalue weighted by Crippen LogP contribution is 2.43. The van der Waals surface area contributed by atoms with Crippen molar-refractivity contribution in [3.8, 4) is 11.1 Å². The smallest absolute Gasteiger partial charge is 0.0467 e. The van der Waals surface area contributed by atoms with Crippen molar-refractivity contribution in [3.05, 3.63) is 181 Å². The molecule has 2 aliphatic carbocycles. The van der Waals surface area contributed by atoms with Crippen LogP contribution in [0.4, 0.5) is 17.1 Å². The summed E-state index contributed by atoms with van der Waals surface area (Å²) in [6.07, 6.45) is 7.29. The number of hydrogen-bond donors (Lipinski definition) is 0. The standard InChI is InChI=1S/C50H41N.C2H6/c1-32(2)34-16-22-42(23-17-34)51(44-9-7-8-38(29-44)40-15-13-35-12-14-39(35)28-40)43-24-18-36(19-25-43)41-21-27-48-47-26-20-37(33(3)4)30-49(47)45-10-5-6-11-46(45)50(48)31-41;1-2/h5-11,16-31H,1,3,12-15H2,2,4H3;1-2H3. The minimum Gasteiger partial charge on any atom is -0.310 e. The molecular formula is C52H47N. The molecule has 0 N–H and O–H groups in total. The van der Waals surface area contributed by atoms with E-state index in [1.807, 2.05) is 13.8 Å². The molecule has 7 aromatic rings. The van der Waals surface area contributed by atoms with Crippen LogP contribution in [0.15, 0.2) is 164 Å². The molecule has 0 aromatic heterocycles. The van der Waals surface area contributed by atoms with Crippen LogP contribution in [0.3, 0.4) is 0 Å². The Morgan fingerprint density at radius 3 is 1.64 bits per heavy atom. The summed E-state index contributed by atoms with van der Waals surface area (Å²) in [6, 6.07) is 49.5. The Morgan fingerprint density at radius 2 is 1.02 bits per heavy atom. The second-order valence-corrected chi connectivity index (χ2v) is 14.4. The largest absolute Gasteiger partial charge is 0.310 e. The van der Waals surface area contributed by atoms with Crippen LogP contribution in [-0.4, -0.2) is 0 Å². The Balaban J connectivity index is 0.00000197. The van der Waals surface area contributed by atoms with Crippen LogP contribution in [0, 0.1) is 0 Å². The third-order valence-electron chi connectivity index (χ3n) is 11.1. The van der Waals surface area contributed by atoms with Crippen molar-refractivity contribution in [1.29, 1.82) is 0 Å². The van der Waals surface area contributed by atoms with Gasteiger partial charge in [0.2, 0.25) is 0 Å². The van der Waals surface area contributed by atoms with Crippen LogP contribution in [0.5, 0.6) is 0 Å². The van der Waals surface area contributed by atoms with E-state index in [1.54, 1.807) is 11.1 Å². The van der Waals surface area contributed by atoms with Gasteiger partial charge >= 0.3 is 0 Å². The fourth-order valence-electron chi connectivity index (χ4n) is 8.09. The summed E-state index contributed by atoms with van der Waals surface area (Å²) in [5, 5.41) is 7.67. The Kier molecular flexibility index (Phi) is 9.19. The normalized spacial score (nSPS) is 13.5. The average molecular weight is 686 g/mol. The van der Waals surface area contributed by atoms with Crippen molar-refractivity contribution in [2.75, 3.05) is 4.90 Å². The molecule has 0 fully saturated rings. The van der Waals surface area contributed by atoms with Gasteiger partial charge in [0.1, 0.15) is 0 Å².